The average molecular weight is 301 g/mol. The summed E-state index contributed by atoms with van der Waals surface area (Å²) in [6, 6.07) is 6.84. The zero-order valence-electron chi connectivity index (χ0n) is 12.1. The van der Waals surface area contributed by atoms with Crippen molar-refractivity contribution in [2.45, 2.75) is 18.2 Å². The summed E-state index contributed by atoms with van der Waals surface area (Å²) in [4.78, 5) is 0.369. The van der Waals surface area contributed by atoms with Crippen LogP contribution in [-0.4, -0.2) is 47.6 Å². The number of sulfone groups is 1. The maximum atomic E-state index is 11.7. The lowest BCUT2D eigenvalue weighted by Gasteiger charge is -2.08. The van der Waals surface area contributed by atoms with Gasteiger partial charge < -0.3 is 14.8 Å². The Balaban J connectivity index is 2.29. The van der Waals surface area contributed by atoms with Gasteiger partial charge in [0.1, 0.15) is 0 Å². The van der Waals surface area contributed by atoms with Crippen LogP contribution in [-0.2, 0) is 19.3 Å². The van der Waals surface area contributed by atoms with Crippen molar-refractivity contribution >= 4 is 15.5 Å². The maximum absolute atomic E-state index is 11.7. The molecule has 0 spiro atoms. The minimum Gasteiger partial charge on any atom is -0.385 e. The second kappa shape index (κ2) is 8.94. The van der Waals surface area contributed by atoms with Gasteiger partial charge in [0.15, 0.2) is 9.84 Å². The lowest BCUT2D eigenvalue weighted by Crippen LogP contribution is -2.08. The summed E-state index contributed by atoms with van der Waals surface area (Å²) in [7, 11) is -1.47. The van der Waals surface area contributed by atoms with Gasteiger partial charge in [-0.3, -0.25) is 0 Å². The molecule has 1 aromatic rings. The molecule has 0 atom stereocenters. The van der Waals surface area contributed by atoms with Crippen molar-refractivity contribution in [2.24, 2.45) is 0 Å². The smallest absolute Gasteiger partial charge is 0.178 e. The van der Waals surface area contributed by atoms with Crippen molar-refractivity contribution in [3.8, 4) is 0 Å². The summed E-state index contributed by atoms with van der Waals surface area (Å²) in [5, 5.41) is 3.23. The molecule has 1 aromatic carbocycles. The molecule has 1 N–H and O–H groups in total. The first-order valence-corrected chi connectivity index (χ1v) is 8.38. The van der Waals surface area contributed by atoms with Crippen molar-refractivity contribution in [2.75, 3.05) is 44.5 Å². The first kappa shape index (κ1) is 16.9. The van der Waals surface area contributed by atoms with E-state index in [0.717, 1.165) is 18.7 Å². The topological polar surface area (TPSA) is 64.6 Å². The van der Waals surface area contributed by atoms with Crippen LogP contribution in [0.25, 0.3) is 0 Å². The second-order valence-corrected chi connectivity index (χ2v) is 6.59. The highest BCUT2D eigenvalue weighted by Gasteiger charge is 2.10. The molecule has 0 aliphatic rings. The molecule has 1 rings (SSSR count). The van der Waals surface area contributed by atoms with Gasteiger partial charge in [0.2, 0.25) is 0 Å². The summed E-state index contributed by atoms with van der Waals surface area (Å²) in [5.41, 5.74) is 0.914. The molecule has 0 saturated carbocycles. The van der Waals surface area contributed by atoms with Crippen molar-refractivity contribution in [1.82, 2.24) is 0 Å². The Labute approximate surface area is 121 Å². The van der Waals surface area contributed by atoms with Gasteiger partial charge in [-0.25, -0.2) is 8.42 Å². The fourth-order valence-corrected chi connectivity index (χ4v) is 2.48. The van der Waals surface area contributed by atoms with E-state index in [-0.39, 0.29) is 5.75 Å². The third kappa shape index (κ3) is 5.90. The highest BCUT2D eigenvalue weighted by Crippen LogP contribution is 2.15. The molecular formula is C14H23NO4S. The summed E-state index contributed by atoms with van der Waals surface area (Å²) in [6.07, 6.45) is 0.888. The molecule has 0 radical (unpaired) electrons. The van der Waals surface area contributed by atoms with E-state index in [0.29, 0.717) is 24.7 Å². The first-order chi connectivity index (χ1) is 9.60. The lowest BCUT2D eigenvalue weighted by molar-refractivity contribution is 0.0705. The molecule has 20 heavy (non-hydrogen) atoms. The fourth-order valence-electron chi connectivity index (χ4n) is 1.60. The van der Waals surface area contributed by atoms with E-state index in [9.17, 15) is 8.42 Å². The number of hydrogen-bond acceptors (Lipinski definition) is 5. The van der Waals surface area contributed by atoms with Crippen LogP contribution in [0.15, 0.2) is 29.2 Å². The van der Waals surface area contributed by atoms with E-state index >= 15 is 0 Å². The average Bonchev–Trinajstić information content (AvgIpc) is 2.47. The number of rotatable bonds is 10. The molecule has 0 heterocycles. The third-order valence-corrected chi connectivity index (χ3v) is 4.57. The lowest BCUT2D eigenvalue weighted by atomic mass is 10.3. The molecule has 0 saturated heterocycles. The monoisotopic (exact) mass is 301 g/mol. The zero-order chi connectivity index (χ0) is 14.8. The van der Waals surface area contributed by atoms with Gasteiger partial charge in [0, 0.05) is 25.9 Å². The van der Waals surface area contributed by atoms with E-state index in [1.807, 2.05) is 0 Å². The highest BCUT2D eigenvalue weighted by molar-refractivity contribution is 7.91. The SMILES string of the molecule is CCS(=O)(=O)c1ccc(NCCCOCCOC)cc1. The van der Waals surface area contributed by atoms with E-state index in [4.69, 9.17) is 9.47 Å². The van der Waals surface area contributed by atoms with E-state index < -0.39 is 9.84 Å². The van der Waals surface area contributed by atoms with E-state index in [1.54, 1.807) is 38.3 Å². The summed E-state index contributed by atoms with van der Waals surface area (Å²) in [5.74, 6) is 0.124. The molecule has 0 fully saturated rings. The minimum atomic E-state index is -3.11. The Morgan fingerprint density at radius 3 is 2.40 bits per heavy atom. The van der Waals surface area contributed by atoms with Crippen molar-refractivity contribution in [3.05, 3.63) is 24.3 Å². The number of ether oxygens (including phenoxy) is 2. The van der Waals surface area contributed by atoms with Crippen LogP contribution in [0, 0.1) is 0 Å². The van der Waals surface area contributed by atoms with Crippen LogP contribution in [0.2, 0.25) is 0 Å². The molecule has 0 unspecified atom stereocenters. The van der Waals surface area contributed by atoms with E-state index in [1.165, 1.54) is 0 Å². The maximum Gasteiger partial charge on any atom is 0.178 e. The van der Waals surface area contributed by atoms with Crippen molar-refractivity contribution in [1.29, 1.82) is 0 Å². The van der Waals surface area contributed by atoms with Gasteiger partial charge in [0.25, 0.3) is 0 Å². The number of methoxy groups -OCH3 is 1. The molecule has 5 nitrogen and oxygen atoms in total. The molecule has 0 amide bonds. The van der Waals surface area contributed by atoms with Crippen LogP contribution in [0.1, 0.15) is 13.3 Å². The molecule has 114 valence electrons. The van der Waals surface area contributed by atoms with Crippen LogP contribution in [0.5, 0.6) is 0 Å². The van der Waals surface area contributed by atoms with Crippen molar-refractivity contribution < 1.29 is 17.9 Å². The molecule has 0 aliphatic heterocycles. The molecular weight excluding hydrogens is 278 g/mol. The second-order valence-electron chi connectivity index (χ2n) is 4.31. The Kier molecular flexibility index (Phi) is 7.58. The zero-order valence-corrected chi connectivity index (χ0v) is 12.9. The van der Waals surface area contributed by atoms with E-state index in [2.05, 4.69) is 5.32 Å². The van der Waals surface area contributed by atoms with Gasteiger partial charge in [-0.05, 0) is 30.7 Å². The third-order valence-electron chi connectivity index (χ3n) is 2.82. The first-order valence-electron chi connectivity index (χ1n) is 6.73. The van der Waals surface area contributed by atoms with Crippen LogP contribution in [0.4, 0.5) is 5.69 Å². The Morgan fingerprint density at radius 2 is 1.80 bits per heavy atom. The van der Waals surface area contributed by atoms with Gasteiger partial charge in [-0.1, -0.05) is 6.92 Å². The summed E-state index contributed by atoms with van der Waals surface area (Å²) < 4.78 is 33.5. The van der Waals surface area contributed by atoms with Crippen LogP contribution < -0.4 is 5.32 Å². The van der Waals surface area contributed by atoms with Gasteiger partial charge in [0.05, 0.1) is 23.9 Å². The quantitative estimate of drug-likeness (QED) is 0.669. The molecule has 0 bridgehead atoms. The fraction of sp³-hybridized carbons (Fsp3) is 0.571. The van der Waals surface area contributed by atoms with Crippen LogP contribution >= 0.6 is 0 Å². The summed E-state index contributed by atoms with van der Waals surface area (Å²) in [6.45, 7) is 4.33. The predicted molar refractivity (Wildman–Crippen MR) is 80.0 cm³/mol. The molecule has 0 aromatic heterocycles. The molecule has 6 heteroatoms. The number of hydrogen-bond donors (Lipinski definition) is 1. The predicted octanol–water partition coefficient (Wildman–Crippen LogP) is 1.95. The standard InChI is InChI=1S/C14H23NO4S/c1-3-20(16,17)14-7-5-13(6-8-14)15-9-4-10-19-12-11-18-2/h5-8,15H,3-4,9-12H2,1-2H3. The molecule has 0 aliphatic carbocycles. The minimum absolute atomic E-state index is 0.124. The van der Waals surface area contributed by atoms with Gasteiger partial charge in [-0.15, -0.1) is 0 Å². The number of benzene rings is 1. The van der Waals surface area contributed by atoms with Crippen LogP contribution in [0.3, 0.4) is 0 Å². The Morgan fingerprint density at radius 1 is 1.10 bits per heavy atom. The number of nitrogens with one attached hydrogen (secondary N) is 1. The highest BCUT2D eigenvalue weighted by atomic mass is 32.2. The summed E-state index contributed by atoms with van der Waals surface area (Å²) >= 11 is 0. The largest absolute Gasteiger partial charge is 0.385 e. The Bertz CT molecular complexity index is 470. The number of anilines is 1. The van der Waals surface area contributed by atoms with Gasteiger partial charge >= 0.3 is 0 Å². The van der Waals surface area contributed by atoms with Gasteiger partial charge in [-0.2, -0.15) is 0 Å². The Hall–Kier alpha value is -1.11. The normalized spacial score (nSPS) is 11.5. The van der Waals surface area contributed by atoms with Crippen molar-refractivity contribution in [3.63, 3.8) is 0 Å².